The standard InChI is InChI=1S/C49H36B5N3O/c50-42-41(43(51)45(53)46(54)44(42)52)49-56-47(30-20-18-28(19-21-30)27-10-3-1-4-11-27)55-48(57-49)33-22-23-34(36(25-33)29-12-5-2-6-13-29)35-16-9-17-38-40(35)37-24-31-14-7-8-15-32(31)26-39(37)58-38/h1-26H,50-54H2. The van der Waals surface area contributed by atoms with Crippen molar-refractivity contribution in [1.29, 1.82) is 0 Å². The van der Waals surface area contributed by atoms with E-state index in [9.17, 15) is 0 Å². The molecular formula is C49H36B5N3O. The molecule has 0 atom stereocenters. The fourth-order valence-corrected chi connectivity index (χ4v) is 8.53. The van der Waals surface area contributed by atoms with Gasteiger partial charge < -0.3 is 4.42 Å². The molecule has 0 amide bonds. The average molecular weight is 737 g/mol. The SMILES string of the molecule is Bc1c(B)c(B)c(-c2nc(-c3ccc(-c4ccccc4)cc3)nc(-c3ccc(-c4cccc5oc6cc7ccccc7cc6c45)c(-c4ccccc4)c3)n2)c(B)c1B. The first kappa shape index (κ1) is 35.6. The molecule has 0 spiro atoms. The topological polar surface area (TPSA) is 51.8 Å². The van der Waals surface area contributed by atoms with E-state index in [1.54, 1.807) is 0 Å². The Hall–Kier alpha value is -6.85. The van der Waals surface area contributed by atoms with E-state index in [-0.39, 0.29) is 0 Å². The van der Waals surface area contributed by atoms with Crippen LogP contribution in [0.3, 0.4) is 0 Å². The van der Waals surface area contributed by atoms with E-state index in [4.69, 9.17) is 19.4 Å². The second-order valence-electron chi connectivity index (χ2n) is 15.4. The fourth-order valence-electron chi connectivity index (χ4n) is 8.53. The lowest BCUT2D eigenvalue weighted by atomic mass is 9.60. The third kappa shape index (κ3) is 6.06. The Morgan fingerprint density at radius 2 is 0.879 bits per heavy atom. The molecule has 268 valence electrons. The maximum Gasteiger partial charge on any atom is 0.164 e. The van der Waals surface area contributed by atoms with Crippen LogP contribution in [-0.2, 0) is 0 Å². The van der Waals surface area contributed by atoms with Gasteiger partial charge in [0, 0.05) is 27.5 Å². The minimum absolute atomic E-state index is 0.629. The molecule has 0 radical (unpaired) electrons. The van der Waals surface area contributed by atoms with E-state index in [0.29, 0.717) is 17.5 Å². The van der Waals surface area contributed by atoms with Gasteiger partial charge in [-0.1, -0.05) is 144 Å². The third-order valence-corrected chi connectivity index (χ3v) is 12.1. The number of hydrogen-bond donors (Lipinski definition) is 0. The van der Waals surface area contributed by atoms with Gasteiger partial charge in [-0.15, -0.1) is 16.4 Å². The molecule has 0 saturated heterocycles. The van der Waals surface area contributed by atoms with Crippen LogP contribution in [0.1, 0.15) is 0 Å². The number of nitrogens with zero attached hydrogens (tertiary/aromatic N) is 3. The van der Waals surface area contributed by atoms with Crippen LogP contribution >= 0.6 is 0 Å². The third-order valence-electron chi connectivity index (χ3n) is 12.1. The van der Waals surface area contributed by atoms with Crippen LogP contribution in [-0.4, -0.2) is 54.2 Å². The summed E-state index contributed by atoms with van der Waals surface area (Å²) in [6, 6.07) is 55.4. The Labute approximate surface area is 342 Å². The van der Waals surface area contributed by atoms with Gasteiger partial charge in [-0.25, -0.2) is 15.0 Å². The highest BCUT2D eigenvalue weighted by Crippen LogP contribution is 2.43. The lowest BCUT2D eigenvalue weighted by molar-refractivity contribution is 0.669. The molecule has 10 aromatic rings. The van der Waals surface area contributed by atoms with E-state index in [1.165, 1.54) is 38.3 Å². The van der Waals surface area contributed by atoms with E-state index < -0.39 is 0 Å². The highest BCUT2D eigenvalue weighted by molar-refractivity contribution is 6.68. The van der Waals surface area contributed by atoms with Gasteiger partial charge >= 0.3 is 0 Å². The minimum Gasteiger partial charge on any atom is -0.456 e. The largest absolute Gasteiger partial charge is 0.456 e. The molecule has 10 rings (SSSR count). The van der Waals surface area contributed by atoms with Crippen LogP contribution in [0.2, 0.25) is 0 Å². The molecule has 4 nitrogen and oxygen atoms in total. The Morgan fingerprint density at radius 3 is 1.57 bits per heavy atom. The summed E-state index contributed by atoms with van der Waals surface area (Å²) in [5.41, 5.74) is 17.6. The molecule has 0 bridgehead atoms. The lowest BCUT2D eigenvalue weighted by Gasteiger charge is -2.20. The van der Waals surface area contributed by atoms with Crippen molar-refractivity contribution >= 4 is 99.3 Å². The van der Waals surface area contributed by atoms with Gasteiger partial charge in [0.2, 0.25) is 0 Å². The maximum absolute atomic E-state index is 6.52. The molecule has 8 aromatic carbocycles. The number of rotatable bonds is 6. The van der Waals surface area contributed by atoms with Gasteiger partial charge in [0.1, 0.15) is 50.4 Å². The summed E-state index contributed by atoms with van der Waals surface area (Å²) in [7, 11) is 11.0. The van der Waals surface area contributed by atoms with Crippen LogP contribution in [0, 0.1) is 0 Å². The van der Waals surface area contributed by atoms with Crippen molar-refractivity contribution in [3.63, 3.8) is 0 Å². The zero-order valence-electron chi connectivity index (χ0n) is 33.3. The van der Waals surface area contributed by atoms with Crippen molar-refractivity contribution < 1.29 is 4.42 Å². The first-order valence-corrected chi connectivity index (χ1v) is 19.9. The Balaban J connectivity index is 1.19. The molecule has 0 unspecified atom stereocenters. The van der Waals surface area contributed by atoms with E-state index in [0.717, 1.165) is 71.8 Å². The number of benzene rings is 8. The summed E-state index contributed by atoms with van der Waals surface area (Å²) in [4.78, 5) is 15.8. The molecule has 2 aromatic heterocycles. The zero-order valence-corrected chi connectivity index (χ0v) is 33.3. The predicted octanol–water partition coefficient (Wildman–Crippen LogP) is 4.22. The average Bonchev–Trinajstić information content (AvgIpc) is 3.65. The van der Waals surface area contributed by atoms with Crippen LogP contribution in [0.15, 0.2) is 162 Å². The summed E-state index contributed by atoms with van der Waals surface area (Å²) < 4.78 is 6.52. The second kappa shape index (κ2) is 14.3. The smallest absolute Gasteiger partial charge is 0.164 e. The predicted molar refractivity (Wildman–Crippen MR) is 258 cm³/mol. The summed E-state index contributed by atoms with van der Waals surface area (Å²) in [5, 5.41) is 4.56. The summed E-state index contributed by atoms with van der Waals surface area (Å²) in [6.07, 6.45) is 0. The Morgan fingerprint density at radius 1 is 0.345 bits per heavy atom. The van der Waals surface area contributed by atoms with Crippen molar-refractivity contribution in [2.45, 2.75) is 0 Å². The van der Waals surface area contributed by atoms with Crippen LogP contribution in [0.25, 0.3) is 100 Å². The van der Waals surface area contributed by atoms with Crippen LogP contribution in [0.4, 0.5) is 0 Å². The summed E-state index contributed by atoms with van der Waals surface area (Å²) in [6.45, 7) is 0. The van der Waals surface area contributed by atoms with Crippen molar-refractivity contribution in [1.82, 2.24) is 15.0 Å². The molecule has 0 aliphatic heterocycles. The number of aromatic nitrogens is 3. The maximum atomic E-state index is 6.52. The molecule has 0 aliphatic rings. The fraction of sp³-hybridized carbons (Fsp3) is 0. The van der Waals surface area contributed by atoms with Gasteiger partial charge in [0.25, 0.3) is 0 Å². The van der Waals surface area contributed by atoms with Crippen molar-refractivity contribution in [2.75, 3.05) is 0 Å². The summed E-state index contributed by atoms with van der Waals surface area (Å²) >= 11 is 0. The molecule has 58 heavy (non-hydrogen) atoms. The van der Waals surface area contributed by atoms with Gasteiger partial charge in [-0.05, 0) is 68.4 Å². The molecule has 9 heteroatoms. The van der Waals surface area contributed by atoms with E-state index >= 15 is 0 Å². The molecule has 0 N–H and O–H groups in total. The normalized spacial score (nSPS) is 11.4. The Kier molecular flexibility index (Phi) is 8.75. The highest BCUT2D eigenvalue weighted by Gasteiger charge is 2.21. The molecule has 0 saturated carbocycles. The zero-order chi connectivity index (χ0) is 39.5. The molecule has 0 aliphatic carbocycles. The second-order valence-corrected chi connectivity index (χ2v) is 15.4. The van der Waals surface area contributed by atoms with Crippen LogP contribution in [0.5, 0.6) is 0 Å². The van der Waals surface area contributed by atoms with Crippen LogP contribution < -0.4 is 27.3 Å². The van der Waals surface area contributed by atoms with E-state index in [2.05, 4.69) is 191 Å². The molecule has 0 fully saturated rings. The summed E-state index contributed by atoms with van der Waals surface area (Å²) in [5.74, 6) is 1.95. The lowest BCUT2D eigenvalue weighted by Crippen LogP contribution is -2.55. The molecule has 2 heterocycles. The first-order chi connectivity index (χ1) is 28.3. The number of hydrogen-bond acceptors (Lipinski definition) is 4. The minimum atomic E-state index is 0.629. The van der Waals surface area contributed by atoms with Gasteiger partial charge in [0.05, 0.1) is 0 Å². The number of furan rings is 1. The molecular weight excluding hydrogens is 701 g/mol. The van der Waals surface area contributed by atoms with Gasteiger partial charge in [0.15, 0.2) is 17.5 Å². The van der Waals surface area contributed by atoms with E-state index in [1.807, 2.05) is 6.07 Å². The van der Waals surface area contributed by atoms with Gasteiger partial charge in [-0.3, -0.25) is 0 Å². The Bertz CT molecular complexity index is 3190. The monoisotopic (exact) mass is 737 g/mol. The van der Waals surface area contributed by atoms with Crippen molar-refractivity contribution in [3.8, 4) is 67.5 Å². The highest BCUT2D eigenvalue weighted by atomic mass is 16.3. The quantitative estimate of drug-likeness (QED) is 0.240. The van der Waals surface area contributed by atoms with Crippen molar-refractivity contribution in [3.05, 3.63) is 158 Å². The van der Waals surface area contributed by atoms with Crippen molar-refractivity contribution in [2.24, 2.45) is 0 Å². The number of fused-ring (bicyclic) bond motifs is 4. The first-order valence-electron chi connectivity index (χ1n) is 19.9. The van der Waals surface area contributed by atoms with Gasteiger partial charge in [-0.2, -0.15) is 0 Å².